The zero-order chi connectivity index (χ0) is 20.4. The van der Waals surface area contributed by atoms with E-state index in [-0.39, 0.29) is 18.5 Å². The average molecular weight is 391 g/mol. The molecule has 0 unspecified atom stereocenters. The fourth-order valence-electron chi connectivity index (χ4n) is 3.50. The van der Waals surface area contributed by atoms with Gasteiger partial charge >= 0.3 is 6.03 Å². The first kappa shape index (κ1) is 19.0. The summed E-state index contributed by atoms with van der Waals surface area (Å²) < 4.78 is 1.91. The maximum Gasteiger partial charge on any atom is 0.325 e. The molecule has 0 atom stereocenters. The number of amides is 3. The Morgan fingerprint density at radius 2 is 1.93 bits per heavy atom. The highest BCUT2D eigenvalue weighted by atomic mass is 16.2. The summed E-state index contributed by atoms with van der Waals surface area (Å²) in [6.45, 7) is 5.78. The first-order valence-corrected chi connectivity index (χ1v) is 9.87. The van der Waals surface area contributed by atoms with Gasteiger partial charge in [0.1, 0.15) is 12.2 Å². The summed E-state index contributed by atoms with van der Waals surface area (Å²) in [5.41, 5.74) is 3.73. The molecule has 3 aromatic rings. The molecule has 150 valence electrons. The summed E-state index contributed by atoms with van der Waals surface area (Å²) in [7, 11) is 0. The molecule has 1 aliphatic heterocycles. The minimum absolute atomic E-state index is 0.0484. The zero-order valence-electron chi connectivity index (χ0n) is 16.7. The van der Waals surface area contributed by atoms with Crippen LogP contribution in [-0.4, -0.2) is 45.9 Å². The molecule has 1 aliphatic rings. The van der Waals surface area contributed by atoms with Crippen LogP contribution in [0.25, 0.3) is 5.65 Å². The Hall–Kier alpha value is -3.35. The van der Waals surface area contributed by atoms with Crippen molar-refractivity contribution in [1.29, 1.82) is 0 Å². The van der Waals surface area contributed by atoms with E-state index in [4.69, 9.17) is 0 Å². The molecule has 0 spiro atoms. The van der Waals surface area contributed by atoms with E-state index in [0.717, 1.165) is 17.0 Å². The van der Waals surface area contributed by atoms with Gasteiger partial charge in [0.15, 0.2) is 0 Å². The Morgan fingerprint density at radius 1 is 1.14 bits per heavy atom. The standard InChI is InChI=1S/C22H25N5O2/c1-16(2)17-6-8-19(9-7-17)27-12-11-26(22(27)29)15-21(28)23-13-18-14-25-10-4-3-5-20(25)24-18/h3-10,14,16H,11-13,15H2,1-2H3,(H,23,28). The molecular formula is C22H25N5O2. The number of imidazole rings is 1. The van der Waals surface area contributed by atoms with E-state index in [1.54, 1.807) is 9.80 Å². The van der Waals surface area contributed by atoms with Crippen LogP contribution < -0.4 is 10.2 Å². The van der Waals surface area contributed by atoms with Crippen LogP contribution in [0.2, 0.25) is 0 Å². The number of rotatable bonds is 6. The number of carbonyl (C=O) groups excluding carboxylic acids is 2. The highest BCUT2D eigenvalue weighted by molar-refractivity contribution is 5.96. The van der Waals surface area contributed by atoms with Crippen molar-refractivity contribution >= 4 is 23.3 Å². The zero-order valence-corrected chi connectivity index (χ0v) is 16.7. The second kappa shape index (κ2) is 7.95. The number of pyridine rings is 1. The van der Waals surface area contributed by atoms with Crippen LogP contribution >= 0.6 is 0 Å². The van der Waals surface area contributed by atoms with E-state index in [1.165, 1.54) is 5.56 Å². The van der Waals surface area contributed by atoms with Crippen LogP contribution in [0.4, 0.5) is 10.5 Å². The molecule has 0 radical (unpaired) electrons. The first-order chi connectivity index (χ1) is 14.0. The number of benzene rings is 1. The molecule has 1 fully saturated rings. The van der Waals surface area contributed by atoms with Crippen molar-refractivity contribution in [3.05, 3.63) is 66.1 Å². The van der Waals surface area contributed by atoms with Crippen LogP contribution in [0.1, 0.15) is 31.0 Å². The summed E-state index contributed by atoms with van der Waals surface area (Å²) in [5.74, 6) is 0.263. The van der Waals surface area contributed by atoms with Gasteiger partial charge in [0.25, 0.3) is 0 Å². The third kappa shape index (κ3) is 4.08. The molecule has 0 bridgehead atoms. The van der Waals surface area contributed by atoms with Crippen LogP contribution in [0, 0.1) is 0 Å². The summed E-state index contributed by atoms with van der Waals surface area (Å²) >= 11 is 0. The monoisotopic (exact) mass is 391 g/mol. The van der Waals surface area contributed by atoms with Crippen LogP contribution in [0.15, 0.2) is 54.9 Å². The van der Waals surface area contributed by atoms with Gasteiger partial charge in [0, 0.05) is 31.2 Å². The highest BCUT2D eigenvalue weighted by Crippen LogP contribution is 2.23. The highest BCUT2D eigenvalue weighted by Gasteiger charge is 2.30. The van der Waals surface area contributed by atoms with Gasteiger partial charge in [-0.05, 0) is 35.7 Å². The maximum absolute atomic E-state index is 12.7. The lowest BCUT2D eigenvalue weighted by molar-refractivity contribution is -0.121. The average Bonchev–Trinajstić information content (AvgIpc) is 3.30. The second-order valence-electron chi connectivity index (χ2n) is 7.58. The Morgan fingerprint density at radius 3 is 2.66 bits per heavy atom. The number of fused-ring (bicyclic) bond motifs is 1. The van der Waals surface area contributed by atoms with Gasteiger partial charge in [-0.2, -0.15) is 0 Å². The number of nitrogens with one attached hydrogen (secondary N) is 1. The van der Waals surface area contributed by atoms with Gasteiger partial charge in [0.05, 0.1) is 12.2 Å². The van der Waals surface area contributed by atoms with E-state index < -0.39 is 0 Å². The van der Waals surface area contributed by atoms with Crippen molar-refractivity contribution < 1.29 is 9.59 Å². The summed E-state index contributed by atoms with van der Waals surface area (Å²) in [6.07, 6.45) is 3.80. The number of carbonyl (C=O) groups is 2. The lowest BCUT2D eigenvalue weighted by Crippen LogP contribution is -2.39. The predicted molar refractivity (Wildman–Crippen MR) is 112 cm³/mol. The van der Waals surface area contributed by atoms with Gasteiger partial charge in [0.2, 0.25) is 5.91 Å². The first-order valence-electron chi connectivity index (χ1n) is 9.87. The van der Waals surface area contributed by atoms with E-state index >= 15 is 0 Å². The smallest absolute Gasteiger partial charge is 0.325 e. The Balaban J connectivity index is 1.32. The van der Waals surface area contributed by atoms with Crippen LogP contribution in [-0.2, 0) is 11.3 Å². The molecule has 3 amide bonds. The molecule has 29 heavy (non-hydrogen) atoms. The molecule has 4 rings (SSSR count). The molecule has 0 saturated carbocycles. The van der Waals surface area contributed by atoms with Gasteiger partial charge in [-0.3, -0.25) is 9.69 Å². The minimum atomic E-state index is -0.188. The third-order valence-electron chi connectivity index (χ3n) is 5.18. The molecule has 7 nitrogen and oxygen atoms in total. The minimum Gasteiger partial charge on any atom is -0.349 e. The SMILES string of the molecule is CC(C)c1ccc(N2CCN(CC(=O)NCc3cn4ccccc4n3)C2=O)cc1. The van der Waals surface area contributed by atoms with Crippen LogP contribution in [0.5, 0.6) is 0 Å². The van der Waals surface area contributed by atoms with Crippen molar-refractivity contribution in [2.24, 2.45) is 0 Å². The third-order valence-corrected chi connectivity index (χ3v) is 5.18. The molecule has 2 aromatic heterocycles. The van der Waals surface area contributed by atoms with Crippen LogP contribution in [0.3, 0.4) is 0 Å². The number of hydrogen-bond acceptors (Lipinski definition) is 3. The van der Waals surface area contributed by atoms with E-state index in [0.29, 0.717) is 25.6 Å². The van der Waals surface area contributed by atoms with Gasteiger partial charge in [-0.1, -0.05) is 32.0 Å². The van der Waals surface area contributed by atoms with Gasteiger partial charge < -0.3 is 14.6 Å². The number of hydrogen-bond donors (Lipinski definition) is 1. The van der Waals surface area contributed by atoms with Crippen molar-refractivity contribution in [1.82, 2.24) is 19.6 Å². The van der Waals surface area contributed by atoms with Gasteiger partial charge in [-0.15, -0.1) is 0 Å². The van der Waals surface area contributed by atoms with Crippen molar-refractivity contribution in [3.63, 3.8) is 0 Å². The predicted octanol–water partition coefficient (Wildman–Crippen LogP) is 3.02. The van der Waals surface area contributed by atoms with Crippen molar-refractivity contribution in [2.75, 3.05) is 24.5 Å². The molecule has 1 aromatic carbocycles. The molecule has 7 heteroatoms. The lowest BCUT2D eigenvalue weighted by atomic mass is 10.0. The molecule has 1 N–H and O–H groups in total. The topological polar surface area (TPSA) is 69.9 Å². The molecular weight excluding hydrogens is 366 g/mol. The maximum atomic E-state index is 12.7. The largest absolute Gasteiger partial charge is 0.349 e. The summed E-state index contributed by atoms with van der Waals surface area (Å²) in [6, 6.07) is 13.7. The fourth-order valence-corrected chi connectivity index (χ4v) is 3.50. The number of aromatic nitrogens is 2. The molecule has 0 aliphatic carbocycles. The van der Waals surface area contributed by atoms with E-state index in [9.17, 15) is 9.59 Å². The number of nitrogens with zero attached hydrogens (tertiary/aromatic N) is 4. The van der Waals surface area contributed by atoms with Crippen molar-refractivity contribution in [2.45, 2.75) is 26.3 Å². The number of anilines is 1. The van der Waals surface area contributed by atoms with E-state index in [1.807, 2.05) is 47.1 Å². The Bertz CT molecular complexity index is 992. The quantitative estimate of drug-likeness (QED) is 0.702. The van der Waals surface area contributed by atoms with Crippen molar-refractivity contribution in [3.8, 4) is 0 Å². The molecule has 3 heterocycles. The lowest BCUT2D eigenvalue weighted by Gasteiger charge is -2.19. The second-order valence-corrected chi connectivity index (χ2v) is 7.58. The Labute approximate surface area is 169 Å². The normalized spacial score (nSPS) is 14.2. The number of urea groups is 1. The summed E-state index contributed by atoms with van der Waals surface area (Å²) in [4.78, 5) is 32.8. The Kier molecular flexibility index (Phi) is 5.20. The van der Waals surface area contributed by atoms with E-state index in [2.05, 4.69) is 36.3 Å². The summed E-state index contributed by atoms with van der Waals surface area (Å²) in [5, 5.41) is 2.85. The fraction of sp³-hybridized carbons (Fsp3) is 0.318. The van der Waals surface area contributed by atoms with Gasteiger partial charge in [-0.25, -0.2) is 9.78 Å². The molecule has 1 saturated heterocycles.